The van der Waals surface area contributed by atoms with Crippen LogP contribution in [0.2, 0.25) is 0 Å². The molecular weight excluding hydrogens is 269 g/mol. The molecule has 2 aromatic rings. The lowest BCUT2D eigenvalue weighted by atomic mass is 10.1. The second-order valence-electron chi connectivity index (χ2n) is 4.96. The Kier molecular flexibility index (Phi) is 5.31. The van der Waals surface area contributed by atoms with Gasteiger partial charge >= 0.3 is 0 Å². The molecule has 0 bridgehead atoms. The molecule has 0 heterocycles. The molecule has 0 radical (unpaired) electrons. The van der Waals surface area contributed by atoms with Gasteiger partial charge in [0, 0.05) is 11.6 Å². The van der Waals surface area contributed by atoms with Crippen LogP contribution in [0.4, 0.5) is 4.39 Å². The van der Waals surface area contributed by atoms with E-state index >= 15 is 0 Å². The number of ether oxygens (including phenoxy) is 1. The van der Waals surface area contributed by atoms with Gasteiger partial charge in [-0.1, -0.05) is 24.3 Å². The van der Waals surface area contributed by atoms with E-state index in [0.29, 0.717) is 12.4 Å². The van der Waals surface area contributed by atoms with Crippen LogP contribution in [-0.2, 0) is 13.2 Å². The maximum absolute atomic E-state index is 13.4. The molecule has 2 rings (SSSR count). The first kappa shape index (κ1) is 15.5. The molecule has 1 atom stereocenters. The first-order valence-electron chi connectivity index (χ1n) is 6.92. The van der Waals surface area contributed by atoms with E-state index in [0.717, 1.165) is 16.7 Å². The summed E-state index contributed by atoms with van der Waals surface area (Å²) in [4.78, 5) is 0. The lowest BCUT2D eigenvalue weighted by molar-refractivity contribution is 0.281. The fourth-order valence-corrected chi connectivity index (χ4v) is 2.05. The van der Waals surface area contributed by atoms with Crippen molar-refractivity contribution in [1.82, 2.24) is 5.32 Å². The summed E-state index contributed by atoms with van der Waals surface area (Å²) in [5, 5.41) is 12.1. The molecule has 3 nitrogen and oxygen atoms in total. The van der Waals surface area contributed by atoms with E-state index in [1.807, 2.05) is 38.2 Å². The molecule has 2 N–H and O–H groups in total. The van der Waals surface area contributed by atoms with Gasteiger partial charge in [0.05, 0.1) is 6.61 Å². The molecule has 0 aliphatic rings. The summed E-state index contributed by atoms with van der Waals surface area (Å²) in [7, 11) is 1.83. The third kappa shape index (κ3) is 4.03. The number of nitrogens with one attached hydrogen (secondary N) is 1. The van der Waals surface area contributed by atoms with Gasteiger partial charge in [0.2, 0.25) is 0 Å². The van der Waals surface area contributed by atoms with Crippen LogP contribution in [0, 0.1) is 5.82 Å². The molecule has 0 amide bonds. The highest BCUT2D eigenvalue weighted by Gasteiger charge is 2.11. The lowest BCUT2D eigenvalue weighted by Crippen LogP contribution is -2.14. The molecule has 0 fully saturated rings. The van der Waals surface area contributed by atoms with Crippen molar-refractivity contribution in [3.63, 3.8) is 0 Å². The summed E-state index contributed by atoms with van der Waals surface area (Å²) in [5.41, 5.74) is 2.66. The van der Waals surface area contributed by atoms with Crippen molar-refractivity contribution in [3.8, 4) is 5.75 Å². The molecule has 0 aromatic heterocycles. The summed E-state index contributed by atoms with van der Waals surface area (Å²) in [6.07, 6.45) is 0. The van der Waals surface area contributed by atoms with Gasteiger partial charge in [-0.05, 0) is 43.3 Å². The lowest BCUT2D eigenvalue weighted by Gasteiger charge is -2.16. The Balaban J connectivity index is 2.11. The van der Waals surface area contributed by atoms with E-state index < -0.39 is 0 Å². The van der Waals surface area contributed by atoms with Crippen molar-refractivity contribution >= 4 is 0 Å². The zero-order valence-electron chi connectivity index (χ0n) is 12.3. The van der Waals surface area contributed by atoms with Crippen molar-refractivity contribution < 1.29 is 14.2 Å². The molecule has 0 saturated heterocycles. The van der Waals surface area contributed by atoms with E-state index in [2.05, 4.69) is 5.32 Å². The smallest absolute Gasteiger partial charge is 0.124 e. The highest BCUT2D eigenvalue weighted by Crippen LogP contribution is 2.26. The third-order valence-corrected chi connectivity index (χ3v) is 3.47. The van der Waals surface area contributed by atoms with E-state index in [1.54, 1.807) is 6.07 Å². The summed E-state index contributed by atoms with van der Waals surface area (Å²) in [6.45, 7) is 2.39. The molecule has 2 aromatic carbocycles. The normalized spacial score (nSPS) is 12.2. The van der Waals surface area contributed by atoms with Crippen LogP contribution in [0.5, 0.6) is 5.75 Å². The van der Waals surface area contributed by atoms with Crippen LogP contribution in [0.15, 0.2) is 42.5 Å². The number of aliphatic hydroxyl groups excluding tert-OH is 1. The number of halogens is 1. The summed E-state index contributed by atoms with van der Waals surface area (Å²) in [5.74, 6) is 0.399. The second kappa shape index (κ2) is 7.20. The molecule has 112 valence electrons. The highest BCUT2D eigenvalue weighted by atomic mass is 19.1. The standard InChI is InChI=1S/C17H20FNO2/c1-12(19-2)16-9-15(18)7-8-17(16)21-11-14-5-3-13(10-20)4-6-14/h3-9,12,19-20H,10-11H2,1-2H3. The Morgan fingerprint density at radius 3 is 2.43 bits per heavy atom. The van der Waals surface area contributed by atoms with E-state index in [-0.39, 0.29) is 18.5 Å². The first-order valence-corrected chi connectivity index (χ1v) is 6.92. The molecule has 0 aliphatic carbocycles. The van der Waals surface area contributed by atoms with Crippen LogP contribution in [0.25, 0.3) is 0 Å². The van der Waals surface area contributed by atoms with Crippen molar-refractivity contribution in [3.05, 3.63) is 65.0 Å². The molecule has 0 aliphatic heterocycles. The molecule has 1 unspecified atom stereocenters. The van der Waals surface area contributed by atoms with Crippen molar-refractivity contribution in [2.75, 3.05) is 7.05 Å². The number of hydrogen-bond donors (Lipinski definition) is 2. The SMILES string of the molecule is CNC(C)c1cc(F)ccc1OCc1ccc(CO)cc1. The fraction of sp³-hybridized carbons (Fsp3) is 0.294. The van der Waals surface area contributed by atoms with Crippen molar-refractivity contribution in [2.45, 2.75) is 26.2 Å². The van der Waals surface area contributed by atoms with Crippen LogP contribution >= 0.6 is 0 Å². The average Bonchev–Trinajstić information content (AvgIpc) is 2.53. The molecule has 4 heteroatoms. The zero-order valence-corrected chi connectivity index (χ0v) is 12.3. The molecule has 0 spiro atoms. The van der Waals surface area contributed by atoms with Gasteiger partial charge in [-0.25, -0.2) is 4.39 Å². The summed E-state index contributed by atoms with van der Waals surface area (Å²) in [6, 6.07) is 12.1. The predicted molar refractivity (Wildman–Crippen MR) is 80.6 cm³/mol. The van der Waals surface area contributed by atoms with E-state index in [9.17, 15) is 4.39 Å². The summed E-state index contributed by atoms with van der Waals surface area (Å²) < 4.78 is 19.2. The van der Waals surface area contributed by atoms with Crippen LogP contribution in [-0.4, -0.2) is 12.2 Å². The Hall–Kier alpha value is -1.91. The minimum atomic E-state index is -0.272. The van der Waals surface area contributed by atoms with E-state index in [4.69, 9.17) is 9.84 Å². The molecule has 0 saturated carbocycles. The summed E-state index contributed by atoms with van der Waals surface area (Å²) >= 11 is 0. The van der Waals surface area contributed by atoms with Gasteiger partial charge in [0.15, 0.2) is 0 Å². The average molecular weight is 289 g/mol. The minimum absolute atomic E-state index is 0.00691. The minimum Gasteiger partial charge on any atom is -0.489 e. The quantitative estimate of drug-likeness (QED) is 0.858. The number of hydrogen-bond acceptors (Lipinski definition) is 3. The van der Waals surface area contributed by atoms with Gasteiger partial charge in [0.25, 0.3) is 0 Å². The zero-order chi connectivity index (χ0) is 15.2. The van der Waals surface area contributed by atoms with Gasteiger partial charge in [-0.15, -0.1) is 0 Å². The van der Waals surface area contributed by atoms with Crippen molar-refractivity contribution in [1.29, 1.82) is 0 Å². The highest BCUT2D eigenvalue weighted by molar-refractivity contribution is 5.36. The van der Waals surface area contributed by atoms with Gasteiger partial charge in [-0.3, -0.25) is 0 Å². The Morgan fingerprint density at radius 1 is 1.14 bits per heavy atom. The fourth-order valence-electron chi connectivity index (χ4n) is 2.05. The van der Waals surface area contributed by atoms with Crippen LogP contribution < -0.4 is 10.1 Å². The topological polar surface area (TPSA) is 41.5 Å². The van der Waals surface area contributed by atoms with Gasteiger partial charge < -0.3 is 15.2 Å². The Morgan fingerprint density at radius 2 is 1.81 bits per heavy atom. The van der Waals surface area contributed by atoms with Gasteiger partial charge in [-0.2, -0.15) is 0 Å². The Bertz CT molecular complexity index is 584. The van der Waals surface area contributed by atoms with Crippen molar-refractivity contribution in [2.24, 2.45) is 0 Å². The number of rotatable bonds is 6. The van der Waals surface area contributed by atoms with Gasteiger partial charge in [0.1, 0.15) is 18.2 Å². The number of aliphatic hydroxyl groups is 1. The maximum atomic E-state index is 13.4. The maximum Gasteiger partial charge on any atom is 0.124 e. The Labute approximate surface area is 124 Å². The predicted octanol–water partition coefficient (Wildman–Crippen LogP) is 3.18. The second-order valence-corrected chi connectivity index (χ2v) is 4.96. The third-order valence-electron chi connectivity index (χ3n) is 3.47. The first-order chi connectivity index (χ1) is 10.1. The van der Waals surface area contributed by atoms with Crippen LogP contribution in [0.1, 0.15) is 29.7 Å². The van der Waals surface area contributed by atoms with E-state index in [1.165, 1.54) is 12.1 Å². The molecular formula is C17H20FNO2. The number of benzene rings is 2. The molecule has 21 heavy (non-hydrogen) atoms. The largest absolute Gasteiger partial charge is 0.489 e. The van der Waals surface area contributed by atoms with Crippen LogP contribution in [0.3, 0.4) is 0 Å². The monoisotopic (exact) mass is 289 g/mol.